The van der Waals surface area contributed by atoms with Gasteiger partial charge in [-0.3, -0.25) is 9.59 Å². The summed E-state index contributed by atoms with van der Waals surface area (Å²) >= 11 is 0. The van der Waals surface area contributed by atoms with Crippen molar-refractivity contribution in [3.63, 3.8) is 0 Å². The first-order valence-corrected chi connectivity index (χ1v) is 7.38. The van der Waals surface area contributed by atoms with E-state index in [0.717, 1.165) is 21.8 Å². The molecule has 0 fully saturated rings. The largest absolute Gasteiger partial charge is 0.417 e. The molecule has 2 aromatic rings. The molecule has 0 aliphatic carbocycles. The summed E-state index contributed by atoms with van der Waals surface area (Å²) in [6.45, 7) is 3.27. The number of pyridine rings is 1. The Morgan fingerprint density at radius 1 is 1.21 bits per heavy atom. The number of carbonyl (C=O) groups excluding carboxylic acids is 1. The summed E-state index contributed by atoms with van der Waals surface area (Å²) in [5.41, 5.74) is 0.752. The summed E-state index contributed by atoms with van der Waals surface area (Å²) < 4.78 is 38.9. The van der Waals surface area contributed by atoms with Crippen LogP contribution >= 0.6 is 0 Å². The standard InChI is InChI=1S/C17H17F3N2O2/c1-3-12-6-4-5-11(2)16(12)21-14(23)10-22-9-13(17(18,19)20)7-8-15(22)24/h4-9H,3,10H2,1-2H3,(H,21,23). The highest BCUT2D eigenvalue weighted by Gasteiger charge is 2.31. The maximum atomic E-state index is 12.7. The number of halogens is 3. The summed E-state index contributed by atoms with van der Waals surface area (Å²) in [7, 11) is 0. The average Bonchev–Trinajstić information content (AvgIpc) is 2.50. The second kappa shape index (κ2) is 6.90. The van der Waals surface area contributed by atoms with Gasteiger partial charge < -0.3 is 9.88 Å². The van der Waals surface area contributed by atoms with Gasteiger partial charge in [-0.2, -0.15) is 13.2 Å². The molecule has 7 heteroatoms. The number of hydrogen-bond donors (Lipinski definition) is 1. The molecule has 0 radical (unpaired) electrons. The van der Waals surface area contributed by atoms with Crippen LogP contribution in [0.1, 0.15) is 23.6 Å². The fourth-order valence-corrected chi connectivity index (χ4v) is 2.36. The number of para-hydroxylation sites is 1. The van der Waals surface area contributed by atoms with Gasteiger partial charge in [0.25, 0.3) is 5.56 Å². The van der Waals surface area contributed by atoms with Crippen molar-refractivity contribution in [3.8, 4) is 0 Å². The zero-order chi connectivity index (χ0) is 17.9. The molecule has 0 aliphatic heterocycles. The number of nitrogens with zero attached hydrogens (tertiary/aromatic N) is 1. The average molecular weight is 338 g/mol. The van der Waals surface area contributed by atoms with Gasteiger partial charge in [-0.05, 0) is 30.5 Å². The fraction of sp³-hybridized carbons (Fsp3) is 0.294. The molecular formula is C17H17F3N2O2. The molecular weight excluding hydrogens is 321 g/mol. The lowest BCUT2D eigenvalue weighted by atomic mass is 10.1. The molecule has 2 rings (SSSR count). The number of alkyl halides is 3. The Hall–Kier alpha value is -2.57. The third kappa shape index (κ3) is 4.04. The number of anilines is 1. The van der Waals surface area contributed by atoms with Crippen LogP contribution < -0.4 is 10.9 Å². The van der Waals surface area contributed by atoms with Gasteiger partial charge in [0.15, 0.2) is 0 Å². The van der Waals surface area contributed by atoms with Crippen LogP contribution in [0.15, 0.2) is 41.3 Å². The maximum Gasteiger partial charge on any atom is 0.417 e. The van der Waals surface area contributed by atoms with Crippen LogP contribution in [0.3, 0.4) is 0 Å². The Labute approximate surface area is 136 Å². The third-order valence-corrected chi connectivity index (χ3v) is 3.63. The van der Waals surface area contributed by atoms with E-state index in [-0.39, 0.29) is 0 Å². The first kappa shape index (κ1) is 17.8. The molecule has 0 bridgehead atoms. The van der Waals surface area contributed by atoms with Crippen molar-refractivity contribution in [2.24, 2.45) is 0 Å². The van der Waals surface area contributed by atoms with E-state index < -0.39 is 29.8 Å². The summed E-state index contributed by atoms with van der Waals surface area (Å²) in [4.78, 5) is 23.9. The lowest BCUT2D eigenvalue weighted by molar-refractivity contribution is -0.138. The molecule has 0 aliphatic rings. The number of aromatic nitrogens is 1. The second-order valence-electron chi connectivity index (χ2n) is 5.39. The van der Waals surface area contributed by atoms with E-state index in [1.807, 2.05) is 32.0 Å². The zero-order valence-corrected chi connectivity index (χ0v) is 13.3. The van der Waals surface area contributed by atoms with Crippen molar-refractivity contribution in [2.75, 3.05) is 5.32 Å². The van der Waals surface area contributed by atoms with Crippen molar-refractivity contribution in [2.45, 2.75) is 33.0 Å². The number of rotatable bonds is 4. The van der Waals surface area contributed by atoms with Gasteiger partial charge in [-0.15, -0.1) is 0 Å². The minimum absolute atomic E-state index is 0.486. The van der Waals surface area contributed by atoms with Gasteiger partial charge >= 0.3 is 6.18 Å². The van der Waals surface area contributed by atoms with E-state index in [9.17, 15) is 22.8 Å². The molecule has 0 saturated heterocycles. The normalized spacial score (nSPS) is 11.4. The summed E-state index contributed by atoms with van der Waals surface area (Å²) in [6.07, 6.45) is -3.22. The zero-order valence-electron chi connectivity index (χ0n) is 13.3. The number of nitrogens with one attached hydrogen (secondary N) is 1. The fourth-order valence-electron chi connectivity index (χ4n) is 2.36. The predicted octanol–water partition coefficient (Wildman–Crippen LogP) is 3.38. The summed E-state index contributed by atoms with van der Waals surface area (Å²) in [5.74, 6) is -0.555. The van der Waals surface area contributed by atoms with Gasteiger partial charge in [-0.1, -0.05) is 25.1 Å². The van der Waals surface area contributed by atoms with Gasteiger partial charge in [-0.25, -0.2) is 0 Å². The van der Waals surface area contributed by atoms with Gasteiger partial charge in [0.1, 0.15) is 6.54 Å². The Morgan fingerprint density at radius 2 is 1.92 bits per heavy atom. The van der Waals surface area contributed by atoms with Crippen molar-refractivity contribution < 1.29 is 18.0 Å². The highest BCUT2D eigenvalue weighted by atomic mass is 19.4. The first-order valence-electron chi connectivity index (χ1n) is 7.38. The number of amides is 1. The van der Waals surface area contributed by atoms with Crippen LogP contribution in [-0.4, -0.2) is 10.5 Å². The minimum Gasteiger partial charge on any atom is -0.324 e. The molecule has 0 spiro atoms. The minimum atomic E-state index is -4.57. The summed E-state index contributed by atoms with van der Waals surface area (Å²) in [5, 5.41) is 2.68. The topological polar surface area (TPSA) is 51.1 Å². The molecule has 0 atom stereocenters. The van der Waals surface area contributed by atoms with Crippen LogP contribution in [0.5, 0.6) is 0 Å². The Kier molecular flexibility index (Phi) is 5.11. The number of aryl methyl sites for hydroxylation is 2. The Balaban J connectivity index is 2.24. The quantitative estimate of drug-likeness (QED) is 0.929. The molecule has 128 valence electrons. The van der Waals surface area contributed by atoms with Gasteiger partial charge in [0, 0.05) is 18.0 Å². The van der Waals surface area contributed by atoms with Crippen LogP contribution in [0, 0.1) is 6.92 Å². The first-order chi connectivity index (χ1) is 11.2. The lowest BCUT2D eigenvalue weighted by Gasteiger charge is -2.14. The van der Waals surface area contributed by atoms with Crippen molar-refractivity contribution >= 4 is 11.6 Å². The van der Waals surface area contributed by atoms with Crippen molar-refractivity contribution in [3.05, 3.63) is 63.6 Å². The Morgan fingerprint density at radius 3 is 2.54 bits per heavy atom. The van der Waals surface area contributed by atoms with E-state index in [2.05, 4.69) is 5.32 Å². The van der Waals surface area contributed by atoms with Gasteiger partial charge in [0.2, 0.25) is 5.91 Å². The lowest BCUT2D eigenvalue weighted by Crippen LogP contribution is -2.28. The SMILES string of the molecule is CCc1cccc(C)c1NC(=O)Cn1cc(C(F)(F)F)ccc1=O. The van der Waals surface area contributed by atoms with E-state index >= 15 is 0 Å². The molecule has 0 unspecified atom stereocenters. The molecule has 1 amide bonds. The smallest absolute Gasteiger partial charge is 0.324 e. The molecule has 1 aromatic carbocycles. The third-order valence-electron chi connectivity index (χ3n) is 3.63. The molecule has 1 aromatic heterocycles. The molecule has 1 N–H and O–H groups in total. The maximum absolute atomic E-state index is 12.7. The van der Waals surface area contributed by atoms with Crippen LogP contribution in [-0.2, 0) is 23.9 Å². The molecule has 0 saturated carbocycles. The molecule has 4 nitrogen and oxygen atoms in total. The number of carbonyl (C=O) groups is 1. The summed E-state index contributed by atoms with van der Waals surface area (Å²) in [6, 6.07) is 7.06. The molecule has 24 heavy (non-hydrogen) atoms. The predicted molar refractivity (Wildman–Crippen MR) is 84.9 cm³/mol. The van der Waals surface area contributed by atoms with Crippen molar-refractivity contribution in [1.82, 2.24) is 4.57 Å². The van der Waals surface area contributed by atoms with E-state index in [1.165, 1.54) is 0 Å². The van der Waals surface area contributed by atoms with Crippen LogP contribution in [0.4, 0.5) is 18.9 Å². The van der Waals surface area contributed by atoms with Gasteiger partial charge in [0.05, 0.1) is 5.56 Å². The molecule has 1 heterocycles. The highest BCUT2D eigenvalue weighted by Crippen LogP contribution is 2.28. The highest BCUT2D eigenvalue weighted by molar-refractivity contribution is 5.92. The second-order valence-corrected chi connectivity index (χ2v) is 5.39. The van der Waals surface area contributed by atoms with E-state index in [4.69, 9.17) is 0 Å². The van der Waals surface area contributed by atoms with E-state index in [1.54, 1.807) is 0 Å². The Bertz CT molecular complexity index is 810. The van der Waals surface area contributed by atoms with Crippen LogP contribution in [0.2, 0.25) is 0 Å². The van der Waals surface area contributed by atoms with E-state index in [0.29, 0.717) is 24.4 Å². The number of hydrogen-bond acceptors (Lipinski definition) is 2. The van der Waals surface area contributed by atoms with Crippen LogP contribution in [0.25, 0.3) is 0 Å². The monoisotopic (exact) mass is 338 g/mol. The number of benzene rings is 1. The van der Waals surface area contributed by atoms with Crippen molar-refractivity contribution in [1.29, 1.82) is 0 Å².